The van der Waals surface area contributed by atoms with E-state index in [0.29, 0.717) is 12.1 Å². The number of aromatic nitrogens is 2. The van der Waals surface area contributed by atoms with Crippen molar-refractivity contribution in [3.05, 3.63) is 65.6 Å². The van der Waals surface area contributed by atoms with E-state index >= 15 is 4.39 Å². The second-order valence-electron chi connectivity index (χ2n) is 10.3. The van der Waals surface area contributed by atoms with Gasteiger partial charge in [-0.25, -0.2) is 13.8 Å². The molecule has 4 atom stereocenters. The molecule has 1 fully saturated rings. The van der Waals surface area contributed by atoms with Crippen molar-refractivity contribution >= 4 is 11.6 Å². The predicted molar refractivity (Wildman–Crippen MR) is 149 cm³/mol. The minimum atomic E-state index is -0.803. The molecule has 0 bridgehead atoms. The monoisotopic (exact) mass is 554 g/mol. The second kappa shape index (κ2) is 12.7. The molecular formula is C30H36F2N4O4. The fourth-order valence-electron chi connectivity index (χ4n) is 5.51. The van der Waals surface area contributed by atoms with Crippen LogP contribution in [0.15, 0.2) is 42.7 Å². The van der Waals surface area contributed by atoms with E-state index in [1.54, 1.807) is 33.4 Å². The average Bonchev–Trinajstić information content (AvgIpc) is 2.92. The van der Waals surface area contributed by atoms with Crippen LogP contribution in [-0.2, 0) is 4.74 Å². The number of anilines is 1. The van der Waals surface area contributed by atoms with Gasteiger partial charge in [-0.15, -0.1) is 0 Å². The molecular weight excluding hydrogens is 518 g/mol. The quantitative estimate of drug-likeness (QED) is 0.348. The molecule has 1 aromatic carbocycles. The third kappa shape index (κ3) is 6.23. The zero-order valence-electron chi connectivity index (χ0n) is 23.4. The van der Waals surface area contributed by atoms with Crippen LogP contribution in [0.1, 0.15) is 62.0 Å². The zero-order valence-corrected chi connectivity index (χ0v) is 23.4. The number of hydrogen-bond acceptors (Lipinski definition) is 7. The molecule has 1 amide bonds. The molecule has 1 aliphatic rings. The Labute approximate surface area is 233 Å². The van der Waals surface area contributed by atoms with Crippen LogP contribution in [0.5, 0.6) is 11.5 Å². The van der Waals surface area contributed by atoms with Crippen molar-refractivity contribution in [3.8, 4) is 22.8 Å². The number of nitrogens with two attached hydrogens (primary N) is 1. The van der Waals surface area contributed by atoms with E-state index in [4.69, 9.17) is 19.9 Å². The van der Waals surface area contributed by atoms with Gasteiger partial charge in [0.1, 0.15) is 34.5 Å². The summed E-state index contributed by atoms with van der Waals surface area (Å²) in [5, 5.41) is 2.87. The first-order chi connectivity index (χ1) is 19.2. The summed E-state index contributed by atoms with van der Waals surface area (Å²) < 4.78 is 46.7. The van der Waals surface area contributed by atoms with Gasteiger partial charge in [0.2, 0.25) is 0 Å². The van der Waals surface area contributed by atoms with Gasteiger partial charge in [0, 0.05) is 31.5 Å². The number of methoxy groups -OCH3 is 2. The Balaban J connectivity index is 1.63. The van der Waals surface area contributed by atoms with Crippen molar-refractivity contribution in [2.24, 2.45) is 11.7 Å². The molecule has 214 valence electrons. The summed E-state index contributed by atoms with van der Waals surface area (Å²) in [4.78, 5) is 21.7. The highest BCUT2D eigenvalue weighted by Gasteiger charge is 2.36. The van der Waals surface area contributed by atoms with Gasteiger partial charge in [-0.3, -0.25) is 9.78 Å². The van der Waals surface area contributed by atoms with Gasteiger partial charge < -0.3 is 25.3 Å². The fraction of sp³-hybridized carbons (Fsp3) is 0.433. The lowest BCUT2D eigenvalue weighted by Gasteiger charge is -2.39. The van der Waals surface area contributed by atoms with Crippen LogP contribution in [0.25, 0.3) is 11.3 Å². The molecule has 2 aromatic heterocycles. The first-order valence-corrected chi connectivity index (χ1v) is 13.4. The van der Waals surface area contributed by atoms with Gasteiger partial charge in [-0.1, -0.05) is 13.3 Å². The minimum Gasteiger partial charge on any atom is -0.496 e. The Hall–Kier alpha value is -3.63. The maximum absolute atomic E-state index is 15.2. The summed E-state index contributed by atoms with van der Waals surface area (Å²) in [6.45, 7) is 5.72. The molecule has 0 spiro atoms. The number of hydrogen-bond donors (Lipinski definition) is 2. The minimum absolute atomic E-state index is 0.0219. The normalized spacial score (nSPS) is 20.8. The Kier molecular flexibility index (Phi) is 9.32. The van der Waals surface area contributed by atoms with Crippen molar-refractivity contribution in [2.45, 2.75) is 64.2 Å². The lowest BCUT2D eigenvalue weighted by atomic mass is 9.73. The van der Waals surface area contributed by atoms with Crippen LogP contribution in [0.4, 0.5) is 14.5 Å². The van der Waals surface area contributed by atoms with Crippen molar-refractivity contribution in [1.82, 2.24) is 9.97 Å². The topological polar surface area (TPSA) is 109 Å². The van der Waals surface area contributed by atoms with Gasteiger partial charge in [0.15, 0.2) is 0 Å². The first kappa shape index (κ1) is 29.4. The SMILES string of the molecule is CCC1CC(c2ccncc2NC(=O)c2ccc(F)c(-c3c(F)cc(OC(C)C)cc3OC)n2)CC(N)C1OC. The molecule has 40 heavy (non-hydrogen) atoms. The van der Waals surface area contributed by atoms with Crippen LogP contribution in [0.2, 0.25) is 0 Å². The van der Waals surface area contributed by atoms with Crippen molar-refractivity contribution < 1.29 is 27.8 Å². The molecule has 1 saturated carbocycles. The number of amides is 1. The number of nitrogens with zero attached hydrogens (tertiary/aromatic N) is 2. The summed E-state index contributed by atoms with van der Waals surface area (Å²) in [6, 6.07) is 6.65. The number of benzene rings is 1. The fourth-order valence-corrected chi connectivity index (χ4v) is 5.51. The largest absolute Gasteiger partial charge is 0.496 e. The third-order valence-corrected chi connectivity index (χ3v) is 7.30. The molecule has 10 heteroatoms. The van der Waals surface area contributed by atoms with Crippen LogP contribution in [0, 0.1) is 17.6 Å². The molecule has 4 unspecified atom stereocenters. The number of nitrogens with one attached hydrogen (secondary N) is 1. The van der Waals surface area contributed by atoms with Crippen molar-refractivity contribution in [1.29, 1.82) is 0 Å². The highest BCUT2D eigenvalue weighted by atomic mass is 19.1. The molecule has 4 rings (SSSR count). The van der Waals surface area contributed by atoms with E-state index in [1.165, 1.54) is 19.2 Å². The zero-order chi connectivity index (χ0) is 29.0. The van der Waals surface area contributed by atoms with E-state index in [0.717, 1.165) is 30.5 Å². The Bertz CT molecular complexity index is 1350. The highest BCUT2D eigenvalue weighted by molar-refractivity contribution is 6.03. The maximum Gasteiger partial charge on any atom is 0.274 e. The summed E-state index contributed by atoms with van der Waals surface area (Å²) >= 11 is 0. The van der Waals surface area contributed by atoms with Gasteiger partial charge in [-0.05, 0) is 62.3 Å². The van der Waals surface area contributed by atoms with Gasteiger partial charge in [0.25, 0.3) is 5.91 Å². The lowest BCUT2D eigenvalue weighted by molar-refractivity contribution is 0.00154. The standard InChI is InChI=1S/C30H36F2N4O4/c1-6-17-11-18(12-23(33)29(17)39-5)20-9-10-34-15-25(20)36-30(37)24-8-7-21(31)28(35-24)27-22(32)13-19(40-16(2)3)14-26(27)38-4/h7-10,13-18,23,29H,6,11-12,33H2,1-5H3,(H,36,37). The van der Waals surface area contributed by atoms with Crippen LogP contribution >= 0.6 is 0 Å². The highest BCUT2D eigenvalue weighted by Crippen LogP contribution is 2.41. The number of rotatable bonds is 9. The Morgan fingerprint density at radius 2 is 1.93 bits per heavy atom. The summed E-state index contributed by atoms with van der Waals surface area (Å²) in [7, 11) is 3.02. The van der Waals surface area contributed by atoms with E-state index < -0.39 is 17.5 Å². The van der Waals surface area contributed by atoms with Gasteiger partial charge in [-0.2, -0.15) is 0 Å². The molecule has 8 nitrogen and oxygen atoms in total. The molecule has 3 N–H and O–H groups in total. The molecule has 1 aliphatic carbocycles. The van der Waals surface area contributed by atoms with Gasteiger partial charge in [0.05, 0.1) is 36.8 Å². The third-order valence-electron chi connectivity index (χ3n) is 7.30. The number of halogens is 2. The molecule has 0 aliphatic heterocycles. The Morgan fingerprint density at radius 1 is 1.15 bits per heavy atom. The molecule has 2 heterocycles. The van der Waals surface area contributed by atoms with E-state index in [1.807, 2.05) is 6.07 Å². The summed E-state index contributed by atoms with van der Waals surface area (Å²) in [5.74, 6) is -1.55. The first-order valence-electron chi connectivity index (χ1n) is 13.4. The number of pyridine rings is 2. The summed E-state index contributed by atoms with van der Waals surface area (Å²) in [6.07, 6.45) is 5.49. The van der Waals surface area contributed by atoms with Crippen LogP contribution < -0.4 is 20.5 Å². The smallest absolute Gasteiger partial charge is 0.274 e. The molecule has 0 saturated heterocycles. The van der Waals surface area contributed by atoms with Crippen LogP contribution in [0.3, 0.4) is 0 Å². The number of ether oxygens (including phenoxy) is 3. The average molecular weight is 555 g/mol. The maximum atomic E-state index is 15.2. The predicted octanol–water partition coefficient (Wildman–Crippen LogP) is 5.72. The molecule has 3 aromatic rings. The molecule has 0 radical (unpaired) electrons. The lowest BCUT2D eigenvalue weighted by Crippen LogP contribution is -2.46. The van der Waals surface area contributed by atoms with Crippen molar-refractivity contribution in [3.63, 3.8) is 0 Å². The Morgan fingerprint density at radius 3 is 2.60 bits per heavy atom. The second-order valence-corrected chi connectivity index (χ2v) is 10.3. The van der Waals surface area contributed by atoms with E-state index in [-0.39, 0.29) is 58.5 Å². The summed E-state index contributed by atoms with van der Waals surface area (Å²) in [5.41, 5.74) is 7.23. The van der Waals surface area contributed by atoms with E-state index in [2.05, 4.69) is 22.2 Å². The van der Waals surface area contributed by atoms with Crippen molar-refractivity contribution in [2.75, 3.05) is 19.5 Å². The number of carbonyl (C=O) groups is 1. The van der Waals surface area contributed by atoms with E-state index in [9.17, 15) is 9.18 Å². The number of carbonyl (C=O) groups excluding carboxylic acids is 1. The van der Waals surface area contributed by atoms with Gasteiger partial charge >= 0.3 is 0 Å². The van der Waals surface area contributed by atoms with Crippen LogP contribution in [-0.4, -0.2) is 48.3 Å².